The molecule has 5 heterocycles. The molecule has 3 aliphatic heterocycles. The van der Waals surface area contributed by atoms with E-state index in [1.54, 1.807) is 66.4 Å². The number of anilines is 3. The van der Waals surface area contributed by atoms with Gasteiger partial charge in [0.25, 0.3) is 11.8 Å². The van der Waals surface area contributed by atoms with E-state index in [1.807, 2.05) is 13.8 Å². The maximum atomic E-state index is 15.0. The van der Waals surface area contributed by atoms with Gasteiger partial charge >= 0.3 is 26.0 Å². The molecule has 3 aliphatic carbocycles. The number of imide groups is 1. The topological polar surface area (TPSA) is 433 Å². The Morgan fingerprint density at radius 2 is 1.14 bits per heavy atom. The third-order valence-corrected chi connectivity index (χ3v) is 21.4. The van der Waals surface area contributed by atoms with E-state index in [4.69, 9.17) is 71.4 Å². The Kier molecular flexibility index (Phi) is 29.0. The fourth-order valence-corrected chi connectivity index (χ4v) is 15.5. The average Bonchev–Trinajstić information content (AvgIpc) is 1.58. The van der Waals surface area contributed by atoms with Crippen LogP contribution in [0.3, 0.4) is 0 Å². The molecule has 11 rings (SSSR count). The number of benzene rings is 3. The molecule has 5 aromatic rings. The molecule has 2 aromatic heterocycles. The van der Waals surface area contributed by atoms with Gasteiger partial charge in [0.05, 0.1) is 119 Å². The second-order valence-electron chi connectivity index (χ2n) is 28.6. The number of H-pyrrole nitrogens is 2. The summed E-state index contributed by atoms with van der Waals surface area (Å²) in [5.41, 5.74) is 9.56. The monoisotopic (exact) mass is 1610 g/mol. The number of primary amides is 1. The Hall–Kier alpha value is -8.93. The standard InChI is InChI=1S/C74H97Cl2N12O22P/c1-44(2)63(83-56(89)15-20-102-22-24-104-26-28-106-30-31-107-29-27-105-25-23-103-21-19-86-57(90)13-14-58(86)91)67(93)82-51(8-7-16-78-70(77)96)66(92)81-50-11-9-47(10-12-50)40-108-71(97)84(5)17-18-85(6)72(98)109-54-32-52-61(59-45(3)36-79-64(54)59)48(34-75)38-87(52)68(94)73-41-74(42-73,43-73)69(95)88-39-49(35-76)62-53(88)33-55(110-111(99,100)101)65-60(62)46(4)37-80-65/h9-14,32-33,36-37,44,48-49,51,63,79-80H,7-8,15-31,34-35,38-43H2,1-6H3,(H,81,92)(H,82,93)(H,83,89)(H3,77,78,96)(H2,99,100,101)/t48-,49-,51+,63+,73?,74?/m1/s1. The van der Waals surface area contributed by atoms with Crippen molar-refractivity contribution in [1.82, 2.24) is 40.6 Å². The van der Waals surface area contributed by atoms with E-state index in [-0.39, 0.29) is 175 Å². The van der Waals surface area contributed by atoms with Crippen LogP contribution in [0.5, 0.6) is 11.5 Å². The molecule has 0 spiro atoms. The second-order valence-corrected chi connectivity index (χ2v) is 30.4. The number of amides is 11. The highest BCUT2D eigenvalue weighted by Gasteiger charge is 2.76. The zero-order chi connectivity index (χ0) is 79.9. The molecule has 3 saturated carbocycles. The van der Waals surface area contributed by atoms with Crippen LogP contribution in [0.15, 0.2) is 60.9 Å². The fourth-order valence-electron chi connectivity index (χ4n) is 14.6. The zero-order valence-electron chi connectivity index (χ0n) is 62.8. The highest BCUT2D eigenvalue weighted by atomic mass is 35.5. The molecular formula is C74H97Cl2N12O22P. The molecule has 0 radical (unpaired) electrons. The number of phosphoric acid groups is 1. The van der Waals surface area contributed by atoms with Crippen molar-refractivity contribution in [2.45, 2.75) is 96.7 Å². The van der Waals surface area contributed by atoms with Crippen molar-refractivity contribution < 1.29 is 105 Å². The first-order valence-corrected chi connectivity index (χ1v) is 39.3. The molecule has 111 heavy (non-hydrogen) atoms. The van der Waals surface area contributed by atoms with E-state index >= 15 is 0 Å². The normalized spacial score (nSPS) is 18.7. The molecule has 6 aliphatic rings. The van der Waals surface area contributed by atoms with Crippen LogP contribution >= 0.6 is 31.0 Å². The number of likely N-dealkylation sites (N-methyl/N-ethyl adjacent to an activating group) is 2. The third kappa shape index (κ3) is 20.7. The number of aryl methyl sites for hydroxylation is 2. The van der Waals surface area contributed by atoms with Gasteiger partial charge in [0.1, 0.15) is 18.7 Å². The lowest BCUT2D eigenvalue weighted by Gasteiger charge is -2.69. The van der Waals surface area contributed by atoms with Gasteiger partial charge in [-0.1, -0.05) is 26.0 Å². The van der Waals surface area contributed by atoms with Crippen LogP contribution in [0.2, 0.25) is 0 Å². The zero-order valence-corrected chi connectivity index (χ0v) is 65.2. The summed E-state index contributed by atoms with van der Waals surface area (Å²) in [7, 11) is -1.98. The van der Waals surface area contributed by atoms with Crippen LogP contribution < -0.4 is 46.1 Å². The first-order valence-electron chi connectivity index (χ1n) is 36.7. The van der Waals surface area contributed by atoms with Crippen molar-refractivity contribution in [1.29, 1.82) is 0 Å². The molecule has 34 nitrogen and oxygen atoms in total. The van der Waals surface area contributed by atoms with Gasteiger partial charge in [-0.15, -0.1) is 23.2 Å². The first kappa shape index (κ1) is 84.5. The number of fused-ring (bicyclic) bond motifs is 6. The van der Waals surface area contributed by atoms with E-state index in [0.29, 0.717) is 91.9 Å². The molecule has 3 fully saturated rings. The number of aromatic nitrogens is 2. The van der Waals surface area contributed by atoms with Crippen LogP contribution in [0.1, 0.15) is 92.0 Å². The fraction of sp³-hybridized carbons (Fsp3) is 0.541. The van der Waals surface area contributed by atoms with E-state index < -0.39 is 66.7 Å². The Morgan fingerprint density at radius 3 is 1.63 bits per heavy atom. The molecule has 37 heteroatoms. The minimum Gasteiger partial charge on any atom is -0.445 e. The summed E-state index contributed by atoms with van der Waals surface area (Å²) in [4.78, 5) is 165. The number of nitrogens with zero attached hydrogens (tertiary/aromatic N) is 5. The van der Waals surface area contributed by atoms with Crippen molar-refractivity contribution in [2.75, 3.05) is 160 Å². The van der Waals surface area contributed by atoms with Gasteiger partial charge < -0.3 is 99.0 Å². The number of alkyl halides is 2. The minimum atomic E-state index is -5.00. The Balaban J connectivity index is 0.631. The summed E-state index contributed by atoms with van der Waals surface area (Å²) in [5, 5.41) is 12.2. The average molecular weight is 1610 g/mol. The van der Waals surface area contributed by atoms with Gasteiger partial charge in [-0.05, 0) is 91.8 Å². The summed E-state index contributed by atoms with van der Waals surface area (Å²) >= 11 is 13.2. The number of halogens is 2. The quantitative estimate of drug-likeness (QED) is 0.00924. The summed E-state index contributed by atoms with van der Waals surface area (Å²) in [5.74, 6) is -3.29. The van der Waals surface area contributed by atoms with Crippen LogP contribution in [0.4, 0.5) is 31.4 Å². The molecule has 0 unspecified atom stereocenters. The number of nitrogens with two attached hydrogens (primary N) is 1. The van der Waals surface area contributed by atoms with Crippen LogP contribution in [-0.4, -0.2) is 251 Å². The summed E-state index contributed by atoms with van der Waals surface area (Å²) < 4.78 is 61.9. The van der Waals surface area contributed by atoms with Gasteiger partial charge in [0.15, 0.2) is 11.5 Å². The number of phosphoric ester groups is 1. The maximum absolute atomic E-state index is 15.0. The van der Waals surface area contributed by atoms with Crippen LogP contribution in [-0.2, 0) is 77.9 Å². The van der Waals surface area contributed by atoms with Crippen LogP contribution in [0, 0.1) is 30.6 Å². The van der Waals surface area contributed by atoms with Gasteiger partial charge in [-0.3, -0.25) is 48.2 Å². The van der Waals surface area contributed by atoms with Gasteiger partial charge in [0.2, 0.25) is 29.5 Å². The summed E-state index contributed by atoms with van der Waals surface area (Å²) in [6, 6.07) is 6.67. The van der Waals surface area contributed by atoms with Crippen molar-refractivity contribution in [3.8, 4) is 11.5 Å². The molecule has 4 atom stereocenters. The Morgan fingerprint density at radius 1 is 0.667 bits per heavy atom. The number of hydrogen-bond donors (Lipinski definition) is 9. The SMILES string of the molecule is Cc1c[nH]c2c(OC(=O)N(C)CCN(C)C(=O)OCc3ccc(NC(=O)[C@H](CCCNC(N)=O)NC(=O)[C@@H](NC(=O)CCOCCOCCOCCOCCOCCOCCN4C(=O)C=CC4=O)C(C)C)cc3)cc3c(c12)[C@H](CCl)CN3C(=O)C12CC(C(=O)N3C[C@@H](CCl)c4c3cc(OP(=O)(O)O)c3[nH]cc(C)c43)(C1)C2. The number of rotatable bonds is 43. The molecule has 11 amide bonds. The number of aromatic amines is 2. The highest BCUT2D eigenvalue weighted by molar-refractivity contribution is 7.46. The number of hydrogen-bond acceptors (Lipinski definition) is 20. The molecule has 3 aromatic carbocycles. The van der Waals surface area contributed by atoms with Crippen molar-refractivity contribution in [2.24, 2.45) is 22.5 Å². The van der Waals surface area contributed by atoms with Crippen molar-refractivity contribution in [3.05, 3.63) is 88.8 Å². The highest BCUT2D eigenvalue weighted by Crippen LogP contribution is 2.75. The molecule has 604 valence electrons. The van der Waals surface area contributed by atoms with E-state index in [1.165, 1.54) is 42.1 Å². The number of nitrogens with one attached hydrogen (secondary N) is 6. The Bertz CT molecular complexity index is 4280. The first-order chi connectivity index (χ1) is 53.1. The van der Waals surface area contributed by atoms with E-state index in [2.05, 4.69) is 31.2 Å². The van der Waals surface area contributed by atoms with Crippen molar-refractivity contribution in [3.63, 3.8) is 0 Å². The van der Waals surface area contributed by atoms with Crippen molar-refractivity contribution >= 4 is 129 Å². The van der Waals surface area contributed by atoms with E-state index in [9.17, 15) is 62.3 Å². The lowest BCUT2D eigenvalue weighted by atomic mass is 9.34. The number of ether oxygens (including phenoxy) is 8. The third-order valence-electron chi connectivity index (χ3n) is 20.2. The maximum Gasteiger partial charge on any atom is 0.524 e. The number of carbonyl (C=O) groups is 10. The lowest BCUT2D eigenvalue weighted by Crippen LogP contribution is -2.73. The van der Waals surface area contributed by atoms with Crippen LogP contribution in [0.25, 0.3) is 21.8 Å². The summed E-state index contributed by atoms with van der Waals surface area (Å²) in [6.45, 7) is 11.3. The van der Waals surface area contributed by atoms with Gasteiger partial charge in [-0.25, -0.2) is 18.9 Å². The molecular weight excluding hydrogens is 1510 g/mol. The van der Waals surface area contributed by atoms with E-state index in [0.717, 1.165) is 32.5 Å². The lowest BCUT2D eigenvalue weighted by molar-refractivity contribution is -0.205. The smallest absolute Gasteiger partial charge is 0.445 e. The largest absolute Gasteiger partial charge is 0.524 e. The predicted molar refractivity (Wildman–Crippen MR) is 407 cm³/mol. The van der Waals surface area contributed by atoms with Gasteiger partial charge in [-0.2, -0.15) is 0 Å². The van der Waals surface area contributed by atoms with Gasteiger partial charge in [0, 0.05) is 130 Å². The molecule has 0 saturated heterocycles. The summed E-state index contributed by atoms with van der Waals surface area (Å²) in [6.07, 6.45) is 5.58. The Labute approximate surface area is 650 Å². The predicted octanol–water partition coefficient (Wildman–Crippen LogP) is 6.07. The molecule has 10 N–H and O–H groups in total. The number of urea groups is 1. The number of carbonyl (C=O) groups excluding carboxylic acids is 10. The minimum absolute atomic E-state index is 0.0201. The second kappa shape index (κ2) is 38.1. The molecule has 2 bridgehead atoms.